The number of aryl methyl sites for hydroxylation is 2. The molecule has 2 aliphatic rings. The summed E-state index contributed by atoms with van der Waals surface area (Å²) < 4.78 is 28.6. The SMILES string of the molecule is Cc1cc(C2N(Cc3cccc(C(C)(F)F)c3)C(=O)CCC2(C(=O)N2CC(C)NC(C)C2)c2ccccc2)cc(C)c1O. The van der Waals surface area contributed by atoms with E-state index in [2.05, 4.69) is 19.2 Å². The van der Waals surface area contributed by atoms with Gasteiger partial charge < -0.3 is 20.2 Å². The van der Waals surface area contributed by atoms with E-state index in [1.54, 1.807) is 30.9 Å². The molecule has 2 aliphatic heterocycles. The molecule has 228 valence electrons. The van der Waals surface area contributed by atoms with E-state index in [1.807, 2.05) is 47.4 Å². The van der Waals surface area contributed by atoms with Crippen molar-refractivity contribution in [2.45, 2.75) is 83.5 Å². The number of carbonyl (C=O) groups excluding carboxylic acids is 2. The van der Waals surface area contributed by atoms with Crippen LogP contribution < -0.4 is 5.32 Å². The van der Waals surface area contributed by atoms with E-state index in [1.165, 1.54) is 12.1 Å². The molecule has 2 N–H and O–H groups in total. The maximum absolute atomic E-state index is 15.1. The predicted molar refractivity (Wildman–Crippen MR) is 163 cm³/mol. The summed E-state index contributed by atoms with van der Waals surface area (Å²) in [4.78, 5) is 32.6. The second-order valence-corrected chi connectivity index (χ2v) is 12.5. The smallest absolute Gasteiger partial charge is 0.270 e. The van der Waals surface area contributed by atoms with Gasteiger partial charge in [-0.25, -0.2) is 8.78 Å². The number of nitrogens with zero attached hydrogens (tertiary/aromatic N) is 2. The van der Waals surface area contributed by atoms with Gasteiger partial charge >= 0.3 is 0 Å². The lowest BCUT2D eigenvalue weighted by atomic mass is 9.64. The standard InChI is InChI=1S/C35H41F2N3O3/c1-22-16-27(17-23(2)31(22)42)32-35(28-11-7-6-8-12-28,33(43)39-19-24(3)38-25(4)20-39)15-14-30(41)40(32)21-26-10-9-13-29(18-26)34(5,36)37/h6-13,16-18,24-25,32,38,42H,14-15,19-21H2,1-5H3. The quantitative estimate of drug-likeness (QED) is 0.363. The third-order valence-corrected chi connectivity index (χ3v) is 8.96. The molecule has 3 aromatic rings. The number of benzene rings is 3. The van der Waals surface area contributed by atoms with Crippen molar-refractivity contribution < 1.29 is 23.5 Å². The molecule has 0 aliphatic carbocycles. The number of likely N-dealkylation sites (tertiary alicyclic amines) is 1. The minimum Gasteiger partial charge on any atom is -0.507 e. The Bertz CT molecular complexity index is 1470. The molecule has 4 unspecified atom stereocenters. The monoisotopic (exact) mass is 589 g/mol. The van der Waals surface area contributed by atoms with Crippen LogP contribution in [0.3, 0.4) is 0 Å². The van der Waals surface area contributed by atoms with Gasteiger partial charge in [0, 0.05) is 50.6 Å². The van der Waals surface area contributed by atoms with Crippen molar-refractivity contribution in [3.05, 3.63) is 100 Å². The summed E-state index contributed by atoms with van der Waals surface area (Å²) >= 11 is 0. The molecule has 0 radical (unpaired) electrons. The Morgan fingerprint density at radius 2 is 1.63 bits per heavy atom. The number of piperidine rings is 1. The first-order chi connectivity index (χ1) is 20.3. The van der Waals surface area contributed by atoms with Gasteiger partial charge in [-0.3, -0.25) is 9.59 Å². The number of phenols is 1. The average Bonchev–Trinajstić information content (AvgIpc) is 2.96. The zero-order valence-corrected chi connectivity index (χ0v) is 25.5. The number of piperazine rings is 1. The molecule has 0 saturated carbocycles. The maximum Gasteiger partial charge on any atom is 0.270 e. The van der Waals surface area contributed by atoms with Crippen molar-refractivity contribution >= 4 is 11.8 Å². The number of nitrogens with one attached hydrogen (secondary N) is 1. The topological polar surface area (TPSA) is 72.9 Å². The Balaban J connectivity index is 1.73. The number of hydrogen-bond acceptors (Lipinski definition) is 4. The van der Waals surface area contributed by atoms with Crippen LogP contribution in [0.5, 0.6) is 5.75 Å². The highest BCUT2D eigenvalue weighted by atomic mass is 19.3. The molecule has 2 amide bonds. The zero-order valence-electron chi connectivity index (χ0n) is 25.5. The third kappa shape index (κ3) is 5.90. The van der Waals surface area contributed by atoms with Gasteiger partial charge in [-0.05, 0) is 68.0 Å². The summed E-state index contributed by atoms with van der Waals surface area (Å²) in [5.74, 6) is -3.08. The highest BCUT2D eigenvalue weighted by molar-refractivity contribution is 5.93. The van der Waals surface area contributed by atoms with Gasteiger partial charge in [0.05, 0.1) is 11.5 Å². The lowest BCUT2D eigenvalue weighted by Crippen LogP contribution is -2.63. The summed E-state index contributed by atoms with van der Waals surface area (Å²) in [6.45, 7) is 9.70. The normalized spacial score (nSPS) is 24.7. The summed E-state index contributed by atoms with van der Waals surface area (Å²) in [5.41, 5.74) is 2.10. The van der Waals surface area contributed by atoms with Gasteiger partial charge in [-0.2, -0.15) is 0 Å². The van der Waals surface area contributed by atoms with E-state index >= 15 is 4.79 Å². The van der Waals surface area contributed by atoms with Gasteiger partial charge in [0.15, 0.2) is 0 Å². The third-order valence-electron chi connectivity index (χ3n) is 8.96. The largest absolute Gasteiger partial charge is 0.507 e. The minimum absolute atomic E-state index is 0.0568. The fraction of sp³-hybridized carbons (Fsp3) is 0.429. The van der Waals surface area contributed by atoms with Crippen LogP contribution in [-0.2, 0) is 27.5 Å². The first kappa shape index (κ1) is 30.7. The molecule has 43 heavy (non-hydrogen) atoms. The summed E-state index contributed by atoms with van der Waals surface area (Å²) in [6.07, 6.45) is 0.433. The van der Waals surface area contributed by atoms with Crippen molar-refractivity contribution in [1.82, 2.24) is 15.1 Å². The second-order valence-electron chi connectivity index (χ2n) is 12.5. The molecular weight excluding hydrogens is 548 g/mol. The molecule has 0 aromatic heterocycles. The van der Waals surface area contributed by atoms with Gasteiger partial charge in [0.1, 0.15) is 5.75 Å². The van der Waals surface area contributed by atoms with Gasteiger partial charge in [0.25, 0.3) is 5.92 Å². The Hall–Kier alpha value is -3.78. The summed E-state index contributed by atoms with van der Waals surface area (Å²) in [6, 6.07) is 18.9. The second kappa shape index (κ2) is 11.7. The molecule has 6 nitrogen and oxygen atoms in total. The van der Waals surface area contributed by atoms with Crippen LogP contribution in [-0.4, -0.2) is 51.9 Å². The number of phenolic OH excluding ortho intramolecular Hbond substituents is 1. The first-order valence-electron chi connectivity index (χ1n) is 15.0. The maximum atomic E-state index is 15.1. The van der Waals surface area contributed by atoms with E-state index in [4.69, 9.17) is 0 Å². The van der Waals surface area contributed by atoms with Crippen LogP contribution in [0.15, 0.2) is 66.7 Å². The lowest BCUT2D eigenvalue weighted by Gasteiger charge is -2.52. The van der Waals surface area contributed by atoms with Crippen molar-refractivity contribution in [2.75, 3.05) is 13.1 Å². The Kier molecular flexibility index (Phi) is 8.36. The number of amides is 2. The molecule has 3 aromatic carbocycles. The fourth-order valence-corrected chi connectivity index (χ4v) is 7.08. The Morgan fingerprint density at radius 1 is 1.00 bits per heavy atom. The number of carbonyl (C=O) groups is 2. The van der Waals surface area contributed by atoms with E-state index in [0.29, 0.717) is 36.2 Å². The number of rotatable bonds is 6. The molecule has 2 saturated heterocycles. The summed E-state index contributed by atoms with van der Waals surface area (Å²) in [7, 11) is 0. The van der Waals surface area contributed by atoms with Gasteiger partial charge in [-0.1, -0.05) is 60.7 Å². The first-order valence-corrected chi connectivity index (χ1v) is 15.0. The van der Waals surface area contributed by atoms with Crippen molar-refractivity contribution in [2.24, 2.45) is 0 Å². The molecule has 0 spiro atoms. The molecule has 0 bridgehead atoms. The average molecular weight is 590 g/mol. The van der Waals surface area contributed by atoms with Gasteiger partial charge in [0.2, 0.25) is 11.8 Å². The van der Waals surface area contributed by atoms with Crippen LogP contribution in [0.1, 0.15) is 73.0 Å². The number of halogens is 2. The van der Waals surface area contributed by atoms with Crippen LogP contribution in [0.2, 0.25) is 0 Å². The molecule has 4 atom stereocenters. The van der Waals surface area contributed by atoms with E-state index in [-0.39, 0.29) is 48.2 Å². The lowest BCUT2D eigenvalue weighted by molar-refractivity contribution is -0.153. The number of hydrogen-bond donors (Lipinski definition) is 2. The molecule has 2 heterocycles. The Labute approximate surface area is 252 Å². The van der Waals surface area contributed by atoms with E-state index < -0.39 is 17.4 Å². The predicted octanol–water partition coefficient (Wildman–Crippen LogP) is 6.13. The van der Waals surface area contributed by atoms with E-state index in [9.17, 15) is 18.7 Å². The minimum atomic E-state index is -3.04. The zero-order chi connectivity index (χ0) is 31.1. The van der Waals surface area contributed by atoms with Crippen molar-refractivity contribution in [1.29, 1.82) is 0 Å². The Morgan fingerprint density at radius 3 is 2.23 bits per heavy atom. The van der Waals surface area contributed by atoms with Crippen LogP contribution in [0.25, 0.3) is 0 Å². The number of alkyl halides is 2. The van der Waals surface area contributed by atoms with Crippen LogP contribution >= 0.6 is 0 Å². The van der Waals surface area contributed by atoms with Crippen LogP contribution in [0, 0.1) is 13.8 Å². The highest BCUT2D eigenvalue weighted by Crippen LogP contribution is 2.51. The molecule has 5 rings (SSSR count). The van der Waals surface area contributed by atoms with E-state index in [0.717, 1.165) is 18.1 Å². The fourth-order valence-electron chi connectivity index (χ4n) is 7.08. The summed E-state index contributed by atoms with van der Waals surface area (Å²) in [5, 5.41) is 14.2. The van der Waals surface area contributed by atoms with Crippen LogP contribution in [0.4, 0.5) is 8.78 Å². The molecule has 2 fully saturated rings. The van der Waals surface area contributed by atoms with Crippen molar-refractivity contribution in [3.8, 4) is 5.75 Å². The molecule has 8 heteroatoms. The van der Waals surface area contributed by atoms with Gasteiger partial charge in [-0.15, -0.1) is 0 Å². The number of aromatic hydroxyl groups is 1. The van der Waals surface area contributed by atoms with Crippen molar-refractivity contribution in [3.63, 3.8) is 0 Å². The molecular formula is C35H41F2N3O3. The highest BCUT2D eigenvalue weighted by Gasteiger charge is 2.56.